The molecule has 5 unspecified atom stereocenters. The molecule has 3 fully saturated rings. The van der Waals surface area contributed by atoms with Crippen LogP contribution in [0.2, 0.25) is 0 Å². The van der Waals surface area contributed by atoms with Crippen LogP contribution in [0.4, 0.5) is 26.3 Å². The number of ether oxygens (including phenoxy) is 1. The van der Waals surface area contributed by atoms with Crippen LogP contribution in [0.25, 0.3) is 0 Å². The number of hydrogen-bond acceptors (Lipinski definition) is 3. The van der Waals surface area contributed by atoms with E-state index in [1.165, 1.54) is 0 Å². The molecule has 28 heavy (non-hydrogen) atoms. The van der Waals surface area contributed by atoms with Gasteiger partial charge in [-0.25, -0.2) is 0 Å². The Labute approximate surface area is 159 Å². The van der Waals surface area contributed by atoms with E-state index >= 15 is 0 Å². The van der Waals surface area contributed by atoms with Crippen molar-refractivity contribution < 1.29 is 41.0 Å². The molecule has 0 saturated heterocycles. The van der Waals surface area contributed by atoms with Crippen molar-refractivity contribution in [3.05, 3.63) is 0 Å². The summed E-state index contributed by atoms with van der Waals surface area (Å²) in [6, 6.07) is 0. The molecule has 0 aromatic rings. The molecule has 0 radical (unpaired) electrons. The maximum absolute atomic E-state index is 13.6. The van der Waals surface area contributed by atoms with E-state index in [9.17, 15) is 36.2 Å². The Balaban J connectivity index is 1.93. The predicted molar refractivity (Wildman–Crippen MR) is 87.0 cm³/mol. The minimum Gasteiger partial charge on any atom is -0.455 e. The number of aliphatic hydroxyl groups is 1. The topological polar surface area (TPSA) is 46.5 Å². The monoisotopic (exact) mass is 416 g/mol. The molecular weight excluding hydrogens is 390 g/mol. The van der Waals surface area contributed by atoms with Crippen LogP contribution in [-0.2, 0) is 9.53 Å². The van der Waals surface area contributed by atoms with Crippen molar-refractivity contribution in [2.75, 3.05) is 0 Å². The molecule has 162 valence electrons. The van der Waals surface area contributed by atoms with Gasteiger partial charge in [0.25, 0.3) is 5.60 Å². The van der Waals surface area contributed by atoms with Crippen LogP contribution in [0.15, 0.2) is 0 Å². The highest BCUT2D eigenvalue weighted by atomic mass is 19.4. The normalized spacial score (nSPS) is 35.8. The molecule has 3 rings (SSSR count). The summed E-state index contributed by atoms with van der Waals surface area (Å²) in [4.78, 5) is 12.8. The summed E-state index contributed by atoms with van der Waals surface area (Å²) >= 11 is 0. The van der Waals surface area contributed by atoms with Gasteiger partial charge >= 0.3 is 18.3 Å². The van der Waals surface area contributed by atoms with Gasteiger partial charge in [-0.15, -0.1) is 0 Å². The Kier molecular flexibility index (Phi) is 5.25. The molecule has 0 aromatic heterocycles. The van der Waals surface area contributed by atoms with E-state index in [2.05, 4.69) is 0 Å². The van der Waals surface area contributed by atoms with Crippen LogP contribution in [-0.4, -0.2) is 34.6 Å². The lowest BCUT2D eigenvalue weighted by atomic mass is 9.70. The smallest absolute Gasteiger partial charge is 0.430 e. The van der Waals surface area contributed by atoms with Crippen LogP contribution >= 0.6 is 0 Å². The van der Waals surface area contributed by atoms with Crippen molar-refractivity contribution in [2.45, 2.75) is 82.3 Å². The highest BCUT2D eigenvalue weighted by Crippen LogP contribution is 2.58. The fourth-order valence-corrected chi connectivity index (χ4v) is 5.82. The number of alkyl halides is 6. The molecule has 3 aliphatic rings. The largest absolute Gasteiger partial charge is 0.455 e. The summed E-state index contributed by atoms with van der Waals surface area (Å²) in [6.07, 6.45) is -11.7. The molecule has 0 aromatic carbocycles. The number of carbonyl (C=O) groups excluding carboxylic acids is 1. The maximum atomic E-state index is 13.6. The Bertz CT molecular complexity index is 592. The van der Waals surface area contributed by atoms with Crippen LogP contribution < -0.4 is 0 Å². The van der Waals surface area contributed by atoms with Crippen molar-refractivity contribution >= 4 is 5.97 Å². The third-order valence-corrected chi connectivity index (χ3v) is 7.64. The lowest BCUT2D eigenvalue weighted by Crippen LogP contribution is -2.72. The van der Waals surface area contributed by atoms with Crippen molar-refractivity contribution in [1.29, 1.82) is 0 Å². The third-order valence-electron chi connectivity index (χ3n) is 7.64. The number of rotatable bonds is 3. The minimum atomic E-state index is -6.01. The van der Waals surface area contributed by atoms with E-state index in [4.69, 9.17) is 4.74 Å². The molecule has 1 N–H and O–H groups in total. The van der Waals surface area contributed by atoms with Gasteiger partial charge in [0, 0.05) is 0 Å². The standard InChI is InChI=1S/C19H26F6O3/c1-10-11(2)13-8-12(10)9-14(13)15(26)28-16(6-4-3-5-7-16)17(27,18(20,21)22)19(23,24)25/h10-14,27H,3-9H2,1-2H3. The quantitative estimate of drug-likeness (QED) is 0.519. The third kappa shape index (κ3) is 3.03. The van der Waals surface area contributed by atoms with Gasteiger partial charge in [0.1, 0.15) is 0 Å². The zero-order chi connectivity index (χ0) is 21.1. The summed E-state index contributed by atoms with van der Waals surface area (Å²) < 4.78 is 86.4. The zero-order valence-corrected chi connectivity index (χ0v) is 15.9. The van der Waals surface area contributed by atoms with E-state index in [0.29, 0.717) is 18.8 Å². The predicted octanol–water partition coefficient (Wildman–Crippen LogP) is 5.02. The number of carbonyl (C=O) groups is 1. The highest BCUT2D eigenvalue weighted by Gasteiger charge is 2.81. The second-order valence-corrected chi connectivity index (χ2v) is 8.90. The Morgan fingerprint density at radius 1 is 0.929 bits per heavy atom. The molecule has 0 amide bonds. The van der Waals surface area contributed by atoms with Crippen LogP contribution in [0.5, 0.6) is 0 Å². The minimum absolute atomic E-state index is 0.0197. The van der Waals surface area contributed by atoms with Crippen molar-refractivity contribution in [3.63, 3.8) is 0 Å². The van der Waals surface area contributed by atoms with Crippen molar-refractivity contribution in [2.24, 2.45) is 29.6 Å². The Hall–Kier alpha value is -0.990. The number of hydrogen-bond donors (Lipinski definition) is 1. The Morgan fingerprint density at radius 2 is 1.46 bits per heavy atom. The molecule has 0 heterocycles. The second-order valence-electron chi connectivity index (χ2n) is 8.90. The van der Waals surface area contributed by atoms with Gasteiger partial charge in [-0.3, -0.25) is 4.79 Å². The SMILES string of the molecule is CC1C2CC(C(=O)OC3(C(O)(C(F)(F)F)C(F)(F)F)CCCCC3)C(C2)C1C. The molecule has 5 atom stereocenters. The average Bonchev–Trinajstić information content (AvgIpc) is 3.13. The number of fused-ring (bicyclic) bond motifs is 2. The summed E-state index contributed by atoms with van der Waals surface area (Å²) in [5.41, 5.74) is -8.12. The summed E-state index contributed by atoms with van der Waals surface area (Å²) in [7, 11) is 0. The summed E-state index contributed by atoms with van der Waals surface area (Å²) in [6.45, 7) is 4.00. The summed E-state index contributed by atoms with van der Waals surface area (Å²) in [5, 5.41) is 10.0. The van der Waals surface area contributed by atoms with E-state index in [-0.39, 0.29) is 30.6 Å². The fourth-order valence-electron chi connectivity index (χ4n) is 5.82. The fraction of sp³-hybridized carbons (Fsp3) is 0.947. The van der Waals surface area contributed by atoms with Gasteiger partial charge in [-0.2, -0.15) is 26.3 Å². The van der Waals surface area contributed by atoms with Gasteiger partial charge in [0.15, 0.2) is 5.60 Å². The number of esters is 1. The second kappa shape index (κ2) is 6.77. The Morgan fingerprint density at radius 3 is 1.89 bits per heavy atom. The first kappa shape index (κ1) is 21.7. The van der Waals surface area contributed by atoms with E-state index < -0.39 is 48.3 Å². The zero-order valence-electron chi connectivity index (χ0n) is 15.9. The lowest BCUT2D eigenvalue weighted by Gasteiger charge is -2.49. The molecule has 3 saturated carbocycles. The summed E-state index contributed by atoms with van der Waals surface area (Å²) in [5.74, 6) is -1.09. The first-order valence-electron chi connectivity index (χ1n) is 9.84. The van der Waals surface area contributed by atoms with Gasteiger partial charge < -0.3 is 9.84 Å². The average molecular weight is 416 g/mol. The molecular formula is C19H26F6O3. The molecule has 3 nitrogen and oxygen atoms in total. The van der Waals surface area contributed by atoms with E-state index in [0.717, 1.165) is 6.42 Å². The molecule has 0 spiro atoms. The van der Waals surface area contributed by atoms with Crippen LogP contribution in [0.1, 0.15) is 58.8 Å². The molecule has 0 aliphatic heterocycles. The molecule has 3 aliphatic carbocycles. The first-order valence-corrected chi connectivity index (χ1v) is 9.84. The van der Waals surface area contributed by atoms with Crippen LogP contribution in [0, 0.1) is 29.6 Å². The van der Waals surface area contributed by atoms with Gasteiger partial charge in [0.05, 0.1) is 5.92 Å². The van der Waals surface area contributed by atoms with Gasteiger partial charge in [-0.05, 0) is 62.2 Å². The molecule has 9 heteroatoms. The number of halogens is 6. The molecule has 2 bridgehead atoms. The van der Waals surface area contributed by atoms with E-state index in [1.54, 1.807) is 0 Å². The highest BCUT2D eigenvalue weighted by molar-refractivity contribution is 5.74. The lowest BCUT2D eigenvalue weighted by molar-refractivity contribution is -0.416. The van der Waals surface area contributed by atoms with Gasteiger partial charge in [-0.1, -0.05) is 20.3 Å². The van der Waals surface area contributed by atoms with Crippen molar-refractivity contribution in [1.82, 2.24) is 0 Å². The van der Waals surface area contributed by atoms with E-state index in [1.807, 2.05) is 13.8 Å². The van der Waals surface area contributed by atoms with Crippen molar-refractivity contribution in [3.8, 4) is 0 Å². The van der Waals surface area contributed by atoms with Crippen LogP contribution in [0.3, 0.4) is 0 Å². The first-order chi connectivity index (χ1) is 12.8. The maximum Gasteiger partial charge on any atom is 0.430 e. The van der Waals surface area contributed by atoms with Gasteiger partial charge in [0.2, 0.25) is 0 Å².